The number of hydrogen-bond donors (Lipinski definition) is 2. The van der Waals surface area contributed by atoms with E-state index in [0.29, 0.717) is 11.7 Å². The van der Waals surface area contributed by atoms with Crippen LogP contribution in [-0.2, 0) is 9.59 Å². The van der Waals surface area contributed by atoms with Crippen molar-refractivity contribution in [3.05, 3.63) is 65.5 Å². The van der Waals surface area contributed by atoms with E-state index in [-0.39, 0.29) is 11.6 Å². The van der Waals surface area contributed by atoms with Crippen molar-refractivity contribution in [3.63, 3.8) is 0 Å². The first-order chi connectivity index (χ1) is 12.7. The molecular weight excluding hydrogens is 338 g/mol. The number of anilines is 1. The van der Waals surface area contributed by atoms with Crippen molar-refractivity contribution in [3.8, 4) is 0 Å². The monoisotopic (exact) mass is 365 g/mol. The zero-order chi connectivity index (χ0) is 20.0. The minimum atomic E-state index is -0.619. The van der Waals surface area contributed by atoms with Crippen LogP contribution in [0, 0.1) is 5.41 Å². The van der Waals surface area contributed by atoms with Crippen LogP contribution in [0.1, 0.15) is 51.7 Å². The van der Waals surface area contributed by atoms with Gasteiger partial charge in [-0.1, -0.05) is 65.0 Å². The molecule has 1 aromatic carbocycles. The molecule has 142 valence electrons. The van der Waals surface area contributed by atoms with Gasteiger partial charge in [-0.05, 0) is 35.3 Å². The van der Waals surface area contributed by atoms with Gasteiger partial charge in [0.15, 0.2) is 0 Å². The fourth-order valence-corrected chi connectivity index (χ4v) is 2.23. The lowest BCUT2D eigenvalue weighted by atomic mass is 9.95. The molecule has 2 aromatic rings. The first-order valence-corrected chi connectivity index (χ1v) is 9.02. The number of amides is 2. The summed E-state index contributed by atoms with van der Waals surface area (Å²) in [7, 11) is 0. The first-order valence-electron chi connectivity index (χ1n) is 9.02. The zero-order valence-corrected chi connectivity index (χ0v) is 16.5. The van der Waals surface area contributed by atoms with Crippen molar-refractivity contribution in [1.29, 1.82) is 0 Å². The molecule has 0 fully saturated rings. The van der Waals surface area contributed by atoms with Gasteiger partial charge < -0.3 is 10.6 Å². The predicted molar refractivity (Wildman–Crippen MR) is 109 cm³/mol. The second-order valence-electron chi connectivity index (χ2n) is 7.75. The van der Waals surface area contributed by atoms with E-state index in [1.807, 2.05) is 24.3 Å². The molecule has 0 atom stereocenters. The van der Waals surface area contributed by atoms with Crippen LogP contribution >= 0.6 is 0 Å². The smallest absolute Gasteiger partial charge is 0.273 e. The average Bonchev–Trinajstić information content (AvgIpc) is 2.61. The van der Waals surface area contributed by atoms with Crippen LogP contribution in [0.25, 0.3) is 6.08 Å². The molecule has 0 saturated heterocycles. The molecule has 0 bridgehead atoms. The van der Waals surface area contributed by atoms with E-state index < -0.39 is 11.3 Å². The molecule has 5 nitrogen and oxygen atoms in total. The van der Waals surface area contributed by atoms with E-state index in [0.717, 1.165) is 5.56 Å². The van der Waals surface area contributed by atoms with E-state index in [4.69, 9.17) is 0 Å². The number of nitrogens with one attached hydrogen (secondary N) is 2. The van der Waals surface area contributed by atoms with Crippen LogP contribution < -0.4 is 10.6 Å². The molecule has 27 heavy (non-hydrogen) atoms. The summed E-state index contributed by atoms with van der Waals surface area (Å²) in [6, 6.07) is 13.2. The number of nitrogens with zero attached hydrogens (tertiary/aromatic N) is 1. The van der Waals surface area contributed by atoms with Crippen LogP contribution in [0.2, 0.25) is 0 Å². The molecule has 2 amide bonds. The molecule has 0 saturated carbocycles. The Labute approximate surface area is 160 Å². The van der Waals surface area contributed by atoms with Crippen LogP contribution in [0.4, 0.5) is 5.82 Å². The number of pyridine rings is 1. The summed E-state index contributed by atoms with van der Waals surface area (Å²) in [5, 5.41) is 5.46. The Morgan fingerprint density at radius 3 is 2.22 bits per heavy atom. The molecule has 2 rings (SSSR count). The minimum absolute atomic E-state index is 0.179. The molecular formula is C22H27N3O2. The molecule has 0 aliphatic carbocycles. The molecule has 1 aromatic heterocycles. The normalized spacial score (nSPS) is 12.0. The Morgan fingerprint density at radius 2 is 1.70 bits per heavy atom. The van der Waals surface area contributed by atoms with Gasteiger partial charge in [0, 0.05) is 11.6 Å². The third-order valence-corrected chi connectivity index (χ3v) is 3.99. The summed E-state index contributed by atoms with van der Waals surface area (Å²) < 4.78 is 0. The van der Waals surface area contributed by atoms with Crippen molar-refractivity contribution < 1.29 is 9.59 Å². The van der Waals surface area contributed by atoms with Crippen molar-refractivity contribution in [1.82, 2.24) is 10.3 Å². The number of carbonyl (C=O) groups excluding carboxylic acids is 2. The Hall–Kier alpha value is -2.95. The molecule has 0 aliphatic rings. The van der Waals surface area contributed by atoms with E-state index in [1.54, 1.807) is 51.2 Å². The van der Waals surface area contributed by atoms with E-state index in [9.17, 15) is 9.59 Å². The van der Waals surface area contributed by atoms with Gasteiger partial charge in [0.2, 0.25) is 5.91 Å². The van der Waals surface area contributed by atoms with Gasteiger partial charge in [-0.3, -0.25) is 9.59 Å². The SMILES string of the molecule is CC(C)c1ccc(/C=C(/NC(=O)C(C)(C)C)C(=O)Nc2ccccn2)cc1. The number of rotatable bonds is 5. The molecule has 2 N–H and O–H groups in total. The molecule has 0 radical (unpaired) electrons. The molecule has 5 heteroatoms. The second-order valence-corrected chi connectivity index (χ2v) is 7.75. The fraction of sp³-hybridized carbons (Fsp3) is 0.318. The summed E-state index contributed by atoms with van der Waals surface area (Å²) in [5.41, 5.74) is 1.61. The Balaban J connectivity index is 2.30. The lowest BCUT2D eigenvalue weighted by Gasteiger charge is -2.19. The Kier molecular flexibility index (Phi) is 6.50. The van der Waals surface area contributed by atoms with E-state index in [2.05, 4.69) is 29.5 Å². The fourth-order valence-electron chi connectivity index (χ4n) is 2.23. The number of carbonyl (C=O) groups is 2. The maximum atomic E-state index is 12.7. The van der Waals surface area contributed by atoms with Crippen molar-refractivity contribution in [2.75, 3.05) is 5.32 Å². The van der Waals surface area contributed by atoms with Gasteiger partial charge in [0.05, 0.1) is 0 Å². The van der Waals surface area contributed by atoms with E-state index in [1.165, 1.54) is 5.56 Å². The Bertz CT molecular complexity index is 817. The highest BCUT2D eigenvalue weighted by atomic mass is 16.2. The quantitative estimate of drug-likeness (QED) is 0.774. The molecule has 0 aliphatic heterocycles. The van der Waals surface area contributed by atoms with E-state index >= 15 is 0 Å². The average molecular weight is 365 g/mol. The lowest BCUT2D eigenvalue weighted by molar-refractivity contribution is -0.128. The van der Waals surface area contributed by atoms with Crippen molar-refractivity contribution in [2.24, 2.45) is 5.41 Å². The van der Waals surface area contributed by atoms with Crippen LogP contribution in [0.15, 0.2) is 54.4 Å². The maximum Gasteiger partial charge on any atom is 0.273 e. The highest BCUT2D eigenvalue weighted by Gasteiger charge is 2.24. The largest absolute Gasteiger partial charge is 0.321 e. The van der Waals surface area contributed by atoms with Crippen molar-refractivity contribution >= 4 is 23.7 Å². The topological polar surface area (TPSA) is 71.1 Å². The highest BCUT2D eigenvalue weighted by Crippen LogP contribution is 2.18. The summed E-state index contributed by atoms with van der Waals surface area (Å²) >= 11 is 0. The summed E-state index contributed by atoms with van der Waals surface area (Å²) in [5.74, 6) is 0.201. The third-order valence-electron chi connectivity index (χ3n) is 3.99. The lowest BCUT2D eigenvalue weighted by Crippen LogP contribution is -2.38. The van der Waals surface area contributed by atoms with Gasteiger partial charge >= 0.3 is 0 Å². The standard InChI is InChI=1S/C22H27N3O2/c1-15(2)17-11-9-16(10-12-17)14-18(24-21(27)22(3,4)5)20(26)25-19-8-6-7-13-23-19/h6-15H,1-5H3,(H,24,27)(H,23,25,26)/b18-14+. The zero-order valence-electron chi connectivity index (χ0n) is 16.5. The minimum Gasteiger partial charge on any atom is -0.321 e. The van der Waals surface area contributed by atoms with Gasteiger partial charge in [0.1, 0.15) is 11.5 Å². The number of hydrogen-bond acceptors (Lipinski definition) is 3. The molecule has 1 heterocycles. The predicted octanol–water partition coefficient (Wildman–Crippen LogP) is 4.35. The number of aromatic nitrogens is 1. The summed E-state index contributed by atoms with van der Waals surface area (Å²) in [6.45, 7) is 9.65. The van der Waals surface area contributed by atoms with Crippen LogP contribution in [0.3, 0.4) is 0 Å². The van der Waals surface area contributed by atoms with Crippen LogP contribution in [0.5, 0.6) is 0 Å². The number of benzene rings is 1. The first kappa shape index (κ1) is 20.4. The second kappa shape index (κ2) is 8.62. The van der Waals surface area contributed by atoms with Gasteiger partial charge in [-0.2, -0.15) is 0 Å². The molecule has 0 unspecified atom stereocenters. The summed E-state index contributed by atoms with van der Waals surface area (Å²) in [6.07, 6.45) is 3.27. The molecule has 0 spiro atoms. The third kappa shape index (κ3) is 6.06. The van der Waals surface area contributed by atoms with Crippen molar-refractivity contribution in [2.45, 2.75) is 40.5 Å². The maximum absolute atomic E-state index is 12.7. The van der Waals surface area contributed by atoms with Crippen LogP contribution in [-0.4, -0.2) is 16.8 Å². The Morgan fingerprint density at radius 1 is 1.04 bits per heavy atom. The van der Waals surface area contributed by atoms with Gasteiger partial charge in [0.25, 0.3) is 5.91 Å². The summed E-state index contributed by atoms with van der Waals surface area (Å²) in [4.78, 5) is 29.2. The van der Waals surface area contributed by atoms with Gasteiger partial charge in [-0.15, -0.1) is 0 Å². The van der Waals surface area contributed by atoms with Gasteiger partial charge in [-0.25, -0.2) is 4.98 Å². The highest BCUT2D eigenvalue weighted by molar-refractivity contribution is 6.08.